The molecule has 2 aromatic heterocycles. The number of nitrogens with one attached hydrogen (secondary N) is 2. The minimum absolute atomic E-state index is 0.163. The van der Waals surface area contributed by atoms with E-state index in [9.17, 15) is 9.59 Å². The summed E-state index contributed by atoms with van der Waals surface area (Å²) in [5.74, 6) is -0.622. The van der Waals surface area contributed by atoms with E-state index in [-0.39, 0.29) is 17.2 Å². The summed E-state index contributed by atoms with van der Waals surface area (Å²) in [4.78, 5) is 28.0. The van der Waals surface area contributed by atoms with Gasteiger partial charge in [-0.1, -0.05) is 11.3 Å². The van der Waals surface area contributed by atoms with Crippen LogP contribution < -0.4 is 10.6 Å². The molecule has 1 aliphatic rings. The van der Waals surface area contributed by atoms with Crippen molar-refractivity contribution in [2.45, 2.75) is 12.8 Å². The fraction of sp³-hybridized carbons (Fsp3) is 0.250. The van der Waals surface area contributed by atoms with Crippen LogP contribution in [0.3, 0.4) is 0 Å². The van der Waals surface area contributed by atoms with Crippen molar-refractivity contribution in [3.8, 4) is 0 Å². The molecule has 1 fully saturated rings. The first-order chi connectivity index (χ1) is 12.1. The number of carboxylic acids is 1. The van der Waals surface area contributed by atoms with E-state index in [0.29, 0.717) is 10.6 Å². The Morgan fingerprint density at radius 3 is 2.68 bits per heavy atom. The number of carbonyl (C=O) groups excluding carboxylic acids is 1. The highest BCUT2D eigenvalue weighted by Crippen LogP contribution is 2.29. The molecule has 3 N–H and O–H groups in total. The third kappa shape index (κ3) is 3.45. The first-order valence-corrected chi connectivity index (χ1v) is 8.65. The first-order valence-electron chi connectivity index (χ1n) is 7.83. The monoisotopic (exact) mass is 357 g/mol. The molecule has 0 unspecified atom stereocenters. The van der Waals surface area contributed by atoms with Crippen molar-refractivity contribution in [1.82, 2.24) is 14.6 Å². The fourth-order valence-electron chi connectivity index (χ4n) is 2.33. The second-order valence-corrected chi connectivity index (χ2v) is 6.88. The number of amides is 1. The van der Waals surface area contributed by atoms with E-state index in [0.717, 1.165) is 17.6 Å². The average molecular weight is 357 g/mol. The summed E-state index contributed by atoms with van der Waals surface area (Å²) in [6.45, 7) is 0.927. The lowest BCUT2D eigenvalue weighted by atomic mass is 10.2. The number of aromatic nitrogens is 3. The molecule has 1 aromatic carbocycles. The number of hydrogen-bond donors (Lipinski definition) is 3. The first kappa shape index (κ1) is 15.6. The maximum absolute atomic E-state index is 12.3. The van der Waals surface area contributed by atoms with E-state index in [4.69, 9.17) is 5.11 Å². The van der Waals surface area contributed by atoms with Gasteiger partial charge in [0.1, 0.15) is 5.69 Å². The van der Waals surface area contributed by atoms with E-state index >= 15 is 0 Å². The van der Waals surface area contributed by atoms with Crippen molar-refractivity contribution in [1.29, 1.82) is 0 Å². The van der Waals surface area contributed by atoms with Gasteiger partial charge in [-0.3, -0.25) is 4.79 Å². The van der Waals surface area contributed by atoms with Gasteiger partial charge in [-0.2, -0.15) is 0 Å². The van der Waals surface area contributed by atoms with Crippen molar-refractivity contribution in [3.63, 3.8) is 0 Å². The van der Waals surface area contributed by atoms with Gasteiger partial charge in [0.05, 0.1) is 11.8 Å². The van der Waals surface area contributed by atoms with Crippen molar-refractivity contribution < 1.29 is 14.7 Å². The van der Waals surface area contributed by atoms with Crippen molar-refractivity contribution >= 4 is 39.0 Å². The van der Waals surface area contributed by atoms with E-state index < -0.39 is 5.97 Å². The zero-order valence-electron chi connectivity index (χ0n) is 13.1. The Bertz CT molecular complexity index is 911. The minimum atomic E-state index is -1.01. The van der Waals surface area contributed by atoms with Gasteiger partial charge >= 0.3 is 5.97 Å². The van der Waals surface area contributed by atoms with Gasteiger partial charge in [-0.25, -0.2) is 14.3 Å². The molecule has 128 valence electrons. The Morgan fingerprint density at radius 2 is 2.04 bits per heavy atom. The molecule has 3 aromatic rings. The summed E-state index contributed by atoms with van der Waals surface area (Å²) in [5.41, 5.74) is 0.928. The largest absolute Gasteiger partial charge is 0.478 e. The average Bonchev–Trinajstić information content (AvgIpc) is 3.21. The summed E-state index contributed by atoms with van der Waals surface area (Å²) in [6, 6.07) is 5.95. The molecule has 2 heterocycles. The van der Waals surface area contributed by atoms with Crippen LogP contribution in [0.2, 0.25) is 0 Å². The standard InChI is InChI=1S/C16H15N5O3S/c22-13(18-11-5-3-10(4-6-11)14(23)24)12-8-21-16(19-12)25-15(20-21)17-7-9-1-2-9/h3-6,8-9H,1-2,7H2,(H,17,20)(H,18,22)(H,23,24). The number of hydrogen-bond acceptors (Lipinski definition) is 6. The van der Waals surface area contributed by atoms with Crippen molar-refractivity contribution in [2.24, 2.45) is 5.92 Å². The SMILES string of the molecule is O=C(O)c1ccc(NC(=O)c2cn3nc(NCC4CC4)sc3n2)cc1. The Labute approximate surface area is 146 Å². The van der Waals surface area contributed by atoms with Gasteiger partial charge in [0, 0.05) is 12.2 Å². The number of carboxylic acid groups (broad SMARTS) is 1. The maximum Gasteiger partial charge on any atom is 0.335 e. The summed E-state index contributed by atoms with van der Waals surface area (Å²) in [7, 11) is 0. The molecular formula is C16H15N5O3S. The van der Waals surface area contributed by atoms with Crippen LogP contribution in [0.1, 0.15) is 33.7 Å². The van der Waals surface area contributed by atoms with Crippen LogP contribution in [-0.2, 0) is 0 Å². The van der Waals surface area contributed by atoms with E-state index in [2.05, 4.69) is 20.7 Å². The highest BCUT2D eigenvalue weighted by molar-refractivity contribution is 7.20. The van der Waals surface area contributed by atoms with Gasteiger partial charge < -0.3 is 15.7 Å². The molecule has 8 nitrogen and oxygen atoms in total. The van der Waals surface area contributed by atoms with Crippen LogP contribution >= 0.6 is 11.3 Å². The number of anilines is 2. The molecule has 4 rings (SSSR count). The molecule has 1 amide bonds. The second kappa shape index (κ2) is 6.17. The molecule has 0 spiro atoms. The lowest BCUT2D eigenvalue weighted by Crippen LogP contribution is -2.12. The number of fused-ring (bicyclic) bond motifs is 1. The number of nitrogens with zero attached hydrogens (tertiary/aromatic N) is 3. The van der Waals surface area contributed by atoms with Gasteiger partial charge in [-0.05, 0) is 43.0 Å². The normalized spacial score (nSPS) is 13.8. The molecule has 25 heavy (non-hydrogen) atoms. The van der Waals surface area contributed by atoms with Gasteiger partial charge in [0.15, 0.2) is 0 Å². The number of imidazole rings is 1. The Hall–Kier alpha value is -2.94. The highest BCUT2D eigenvalue weighted by atomic mass is 32.1. The predicted molar refractivity (Wildman–Crippen MR) is 93.4 cm³/mol. The molecular weight excluding hydrogens is 342 g/mol. The van der Waals surface area contributed by atoms with Crippen molar-refractivity contribution in [3.05, 3.63) is 41.7 Å². The fourth-order valence-corrected chi connectivity index (χ4v) is 3.11. The Kier molecular flexibility index (Phi) is 3.85. The van der Waals surface area contributed by atoms with Crippen LogP contribution in [0.15, 0.2) is 30.5 Å². The van der Waals surface area contributed by atoms with Gasteiger partial charge in [0.2, 0.25) is 10.1 Å². The van der Waals surface area contributed by atoms with E-state index in [1.807, 2.05) is 0 Å². The Morgan fingerprint density at radius 1 is 1.28 bits per heavy atom. The summed E-state index contributed by atoms with van der Waals surface area (Å²) >= 11 is 1.40. The molecule has 0 bridgehead atoms. The topological polar surface area (TPSA) is 109 Å². The van der Waals surface area contributed by atoms with E-state index in [1.54, 1.807) is 10.7 Å². The van der Waals surface area contributed by atoms with Crippen LogP contribution in [0.25, 0.3) is 4.96 Å². The third-order valence-corrected chi connectivity index (χ3v) is 4.78. The van der Waals surface area contributed by atoms with Gasteiger partial charge in [0.25, 0.3) is 5.91 Å². The van der Waals surface area contributed by atoms with E-state index in [1.165, 1.54) is 48.4 Å². The summed E-state index contributed by atoms with van der Waals surface area (Å²) < 4.78 is 1.59. The number of carbonyl (C=O) groups is 2. The zero-order valence-corrected chi connectivity index (χ0v) is 13.9. The highest BCUT2D eigenvalue weighted by Gasteiger charge is 2.21. The third-order valence-electron chi connectivity index (χ3n) is 3.90. The summed E-state index contributed by atoms with van der Waals surface area (Å²) in [6.07, 6.45) is 4.12. The number of aromatic carboxylic acids is 1. The second-order valence-electron chi connectivity index (χ2n) is 5.92. The smallest absolute Gasteiger partial charge is 0.335 e. The van der Waals surface area contributed by atoms with Crippen LogP contribution in [0, 0.1) is 5.92 Å². The van der Waals surface area contributed by atoms with Gasteiger partial charge in [-0.15, -0.1) is 5.10 Å². The zero-order chi connectivity index (χ0) is 17.4. The number of benzene rings is 1. The maximum atomic E-state index is 12.3. The quantitative estimate of drug-likeness (QED) is 0.626. The lowest BCUT2D eigenvalue weighted by Gasteiger charge is -2.03. The lowest BCUT2D eigenvalue weighted by molar-refractivity contribution is 0.0696. The summed E-state index contributed by atoms with van der Waals surface area (Å²) in [5, 5.41) is 20.0. The number of rotatable bonds is 6. The molecule has 1 aliphatic carbocycles. The van der Waals surface area contributed by atoms with Crippen LogP contribution in [0.5, 0.6) is 0 Å². The molecule has 0 aliphatic heterocycles. The molecule has 1 saturated carbocycles. The predicted octanol–water partition coefficient (Wildman–Crippen LogP) is 2.56. The van der Waals surface area contributed by atoms with Crippen LogP contribution in [-0.4, -0.2) is 38.1 Å². The van der Waals surface area contributed by atoms with Crippen molar-refractivity contribution in [2.75, 3.05) is 17.2 Å². The molecule has 0 radical (unpaired) electrons. The molecule has 0 saturated heterocycles. The Balaban J connectivity index is 1.43. The minimum Gasteiger partial charge on any atom is -0.478 e. The molecule has 0 atom stereocenters. The van der Waals surface area contributed by atoms with Crippen LogP contribution in [0.4, 0.5) is 10.8 Å². The molecule has 9 heteroatoms.